The average molecular weight is 418 g/mol. The molecule has 0 N–H and O–H groups in total. The van der Waals surface area contributed by atoms with E-state index in [0.29, 0.717) is 63.0 Å². The minimum absolute atomic E-state index is 0.0662. The molecule has 2 amide bonds. The van der Waals surface area contributed by atoms with Gasteiger partial charge in [-0.3, -0.25) is 9.59 Å². The summed E-state index contributed by atoms with van der Waals surface area (Å²) in [4.78, 5) is 29.8. The van der Waals surface area contributed by atoms with Crippen molar-refractivity contribution in [2.45, 2.75) is 25.2 Å². The van der Waals surface area contributed by atoms with E-state index in [1.165, 1.54) is 0 Å². The molecule has 0 saturated carbocycles. The Balaban J connectivity index is 1.50. The van der Waals surface area contributed by atoms with Crippen LogP contribution in [0, 0.1) is 6.92 Å². The summed E-state index contributed by atoms with van der Waals surface area (Å²) in [6, 6.07) is 9.20. The zero-order valence-corrected chi connectivity index (χ0v) is 17.2. The van der Waals surface area contributed by atoms with Crippen LogP contribution in [-0.2, 0) is 14.9 Å². The van der Waals surface area contributed by atoms with E-state index < -0.39 is 5.41 Å². The molecular formula is C21H24ClN3O4. The maximum Gasteiger partial charge on any atom is 0.292 e. The number of ether oxygens (including phenoxy) is 1. The number of carbonyl (C=O) groups is 2. The summed E-state index contributed by atoms with van der Waals surface area (Å²) in [5.41, 5.74) is 0.860. The van der Waals surface area contributed by atoms with Gasteiger partial charge in [-0.1, -0.05) is 35.0 Å². The van der Waals surface area contributed by atoms with Crippen molar-refractivity contribution in [3.05, 3.63) is 52.4 Å². The molecule has 3 heterocycles. The molecule has 2 aliphatic rings. The van der Waals surface area contributed by atoms with E-state index in [4.69, 9.17) is 20.9 Å². The van der Waals surface area contributed by atoms with Gasteiger partial charge in [0.15, 0.2) is 0 Å². The number of rotatable bonds is 3. The molecule has 154 valence electrons. The fraction of sp³-hybridized carbons (Fsp3) is 0.476. The van der Waals surface area contributed by atoms with Gasteiger partial charge in [0.05, 0.1) is 11.1 Å². The van der Waals surface area contributed by atoms with Crippen LogP contribution in [0.4, 0.5) is 0 Å². The third-order valence-electron chi connectivity index (χ3n) is 5.84. The minimum atomic E-state index is -0.676. The highest BCUT2D eigenvalue weighted by Gasteiger charge is 2.45. The summed E-state index contributed by atoms with van der Waals surface area (Å²) in [7, 11) is 0. The molecule has 29 heavy (non-hydrogen) atoms. The van der Waals surface area contributed by atoms with Gasteiger partial charge in [0.2, 0.25) is 11.7 Å². The van der Waals surface area contributed by atoms with Crippen molar-refractivity contribution < 1.29 is 18.8 Å². The Morgan fingerprint density at radius 3 is 2.34 bits per heavy atom. The van der Waals surface area contributed by atoms with Gasteiger partial charge in [-0.2, -0.15) is 0 Å². The predicted octanol–water partition coefficient (Wildman–Crippen LogP) is 2.67. The normalized spacial score (nSPS) is 19.2. The fourth-order valence-electron chi connectivity index (χ4n) is 4.20. The molecule has 7 nitrogen and oxygen atoms in total. The molecule has 0 atom stereocenters. The first-order valence-electron chi connectivity index (χ1n) is 9.86. The largest absolute Gasteiger partial charge is 0.381 e. The van der Waals surface area contributed by atoms with E-state index in [9.17, 15) is 9.59 Å². The van der Waals surface area contributed by atoms with Gasteiger partial charge in [-0.05, 0) is 31.4 Å². The van der Waals surface area contributed by atoms with Crippen molar-refractivity contribution in [1.29, 1.82) is 0 Å². The summed E-state index contributed by atoms with van der Waals surface area (Å²) in [6.45, 7) is 4.70. The second-order valence-corrected chi connectivity index (χ2v) is 8.00. The van der Waals surface area contributed by atoms with E-state index >= 15 is 0 Å². The van der Waals surface area contributed by atoms with Crippen molar-refractivity contribution in [2.24, 2.45) is 0 Å². The summed E-state index contributed by atoms with van der Waals surface area (Å²) < 4.78 is 10.6. The molecule has 2 saturated heterocycles. The number of amides is 2. The van der Waals surface area contributed by atoms with Crippen LogP contribution in [0.1, 0.15) is 34.7 Å². The Hall–Kier alpha value is -2.38. The van der Waals surface area contributed by atoms with Gasteiger partial charge in [0.25, 0.3) is 5.91 Å². The summed E-state index contributed by atoms with van der Waals surface area (Å²) >= 11 is 6.48. The third kappa shape index (κ3) is 3.76. The van der Waals surface area contributed by atoms with E-state index in [1.54, 1.807) is 17.9 Å². The average Bonchev–Trinajstić information content (AvgIpc) is 3.20. The van der Waals surface area contributed by atoms with Crippen LogP contribution in [0.15, 0.2) is 34.9 Å². The number of nitrogens with zero attached hydrogens (tertiary/aromatic N) is 3. The highest BCUT2D eigenvalue weighted by atomic mass is 35.5. The Kier molecular flexibility index (Phi) is 5.61. The molecule has 0 unspecified atom stereocenters. The molecule has 2 aromatic rings. The number of aromatic nitrogens is 1. The van der Waals surface area contributed by atoms with Crippen molar-refractivity contribution in [3.63, 3.8) is 0 Å². The Morgan fingerprint density at radius 1 is 1.07 bits per heavy atom. The zero-order valence-electron chi connectivity index (χ0n) is 16.4. The van der Waals surface area contributed by atoms with E-state index in [1.807, 2.05) is 29.2 Å². The van der Waals surface area contributed by atoms with E-state index in [2.05, 4.69) is 5.16 Å². The highest BCUT2D eigenvalue weighted by molar-refractivity contribution is 6.31. The molecule has 0 bridgehead atoms. The Bertz CT molecular complexity index is 899. The number of carbonyl (C=O) groups excluding carboxylic acids is 2. The first kappa shape index (κ1) is 19.9. The maximum atomic E-state index is 13.7. The maximum absolute atomic E-state index is 13.7. The van der Waals surface area contributed by atoms with Crippen LogP contribution in [0.5, 0.6) is 0 Å². The first-order valence-corrected chi connectivity index (χ1v) is 10.2. The van der Waals surface area contributed by atoms with Crippen molar-refractivity contribution >= 4 is 23.4 Å². The van der Waals surface area contributed by atoms with Gasteiger partial charge >= 0.3 is 0 Å². The zero-order chi connectivity index (χ0) is 20.4. The second-order valence-electron chi connectivity index (χ2n) is 7.59. The highest BCUT2D eigenvalue weighted by Crippen LogP contribution is 2.40. The molecule has 2 aliphatic heterocycles. The van der Waals surface area contributed by atoms with E-state index in [0.717, 1.165) is 5.56 Å². The first-order chi connectivity index (χ1) is 14.0. The Morgan fingerprint density at radius 2 is 1.72 bits per heavy atom. The minimum Gasteiger partial charge on any atom is -0.381 e. The summed E-state index contributed by atoms with van der Waals surface area (Å²) in [5.74, 6) is 0.111. The number of halogens is 1. The number of hydrogen-bond acceptors (Lipinski definition) is 5. The molecule has 8 heteroatoms. The van der Waals surface area contributed by atoms with Crippen LogP contribution < -0.4 is 0 Å². The lowest BCUT2D eigenvalue weighted by Gasteiger charge is -2.43. The molecule has 1 aromatic heterocycles. The van der Waals surface area contributed by atoms with Crippen LogP contribution in [0.3, 0.4) is 0 Å². The monoisotopic (exact) mass is 417 g/mol. The number of hydrogen-bond donors (Lipinski definition) is 0. The number of benzene rings is 1. The lowest BCUT2D eigenvalue weighted by atomic mass is 9.72. The van der Waals surface area contributed by atoms with Crippen LogP contribution >= 0.6 is 11.6 Å². The molecule has 4 rings (SSSR count). The summed E-state index contributed by atoms with van der Waals surface area (Å²) in [6.07, 6.45) is 1.21. The quantitative estimate of drug-likeness (QED) is 0.767. The van der Waals surface area contributed by atoms with Gasteiger partial charge in [-0.15, -0.1) is 0 Å². The smallest absolute Gasteiger partial charge is 0.292 e. The molecule has 0 radical (unpaired) electrons. The lowest BCUT2D eigenvalue weighted by Crippen LogP contribution is -2.56. The fourth-order valence-corrected chi connectivity index (χ4v) is 4.52. The van der Waals surface area contributed by atoms with Gasteiger partial charge in [-0.25, -0.2) is 0 Å². The Labute approximate surface area is 174 Å². The van der Waals surface area contributed by atoms with Crippen molar-refractivity contribution in [3.8, 4) is 0 Å². The second kappa shape index (κ2) is 8.16. The van der Waals surface area contributed by atoms with Crippen molar-refractivity contribution in [2.75, 3.05) is 39.4 Å². The van der Waals surface area contributed by atoms with E-state index in [-0.39, 0.29) is 17.6 Å². The van der Waals surface area contributed by atoms with Crippen LogP contribution in [0.2, 0.25) is 5.02 Å². The van der Waals surface area contributed by atoms with Crippen LogP contribution in [-0.4, -0.2) is 66.2 Å². The van der Waals surface area contributed by atoms with Gasteiger partial charge in [0, 0.05) is 50.5 Å². The van der Waals surface area contributed by atoms with Crippen LogP contribution in [0.25, 0.3) is 0 Å². The van der Waals surface area contributed by atoms with Crippen molar-refractivity contribution in [1.82, 2.24) is 15.0 Å². The molecule has 2 fully saturated rings. The standard InChI is InChI=1S/C21H24ClN3O4/c1-15-14-18(29-23-15)19(26)24-8-10-25(11-9-24)20(27)21(6-12-28-13-7-21)16-4-2-3-5-17(16)22/h2-5,14H,6-13H2,1H3. The molecule has 0 aliphatic carbocycles. The topological polar surface area (TPSA) is 75.9 Å². The predicted molar refractivity (Wildman–Crippen MR) is 107 cm³/mol. The molecule has 0 spiro atoms. The lowest BCUT2D eigenvalue weighted by molar-refractivity contribution is -0.142. The molecular weight excluding hydrogens is 394 g/mol. The number of piperazine rings is 1. The van der Waals surface area contributed by atoms with Gasteiger partial charge in [0.1, 0.15) is 0 Å². The third-order valence-corrected chi connectivity index (χ3v) is 6.17. The molecule has 1 aromatic carbocycles. The SMILES string of the molecule is Cc1cc(C(=O)N2CCN(C(=O)C3(c4ccccc4Cl)CCOCC3)CC2)on1. The summed E-state index contributed by atoms with van der Waals surface area (Å²) in [5, 5.41) is 4.39. The van der Waals surface area contributed by atoms with Gasteiger partial charge < -0.3 is 19.1 Å². The number of aryl methyl sites for hydroxylation is 1.